The van der Waals surface area contributed by atoms with Crippen LogP contribution in [0.3, 0.4) is 0 Å². The van der Waals surface area contributed by atoms with Crippen molar-refractivity contribution in [2.75, 3.05) is 23.4 Å². The maximum Gasteiger partial charge on any atom is 0.335 e. The molecule has 206 valence electrons. The highest BCUT2D eigenvalue weighted by Gasteiger charge is 2.37. The summed E-state index contributed by atoms with van der Waals surface area (Å²) in [6.45, 7) is 3.53. The second kappa shape index (κ2) is 12.7. The number of carbonyl (C=O) groups is 4. The van der Waals surface area contributed by atoms with Crippen molar-refractivity contribution >= 4 is 87.0 Å². The summed E-state index contributed by atoms with van der Waals surface area (Å²) in [5.41, 5.74) is 1.62. The molecule has 1 heterocycles. The lowest BCUT2D eigenvalue weighted by Gasteiger charge is -2.26. The number of imide groups is 2. The number of hydrogen-bond acceptors (Lipinski definition) is 6. The number of hydrogen-bond donors (Lipinski definition) is 2. The van der Waals surface area contributed by atoms with Crippen molar-refractivity contribution in [2.45, 2.75) is 13.8 Å². The third kappa shape index (κ3) is 6.57. The van der Waals surface area contributed by atoms with E-state index in [0.717, 1.165) is 10.5 Å². The van der Waals surface area contributed by atoms with Gasteiger partial charge < -0.3 is 14.8 Å². The molecule has 2 N–H and O–H groups in total. The van der Waals surface area contributed by atoms with Crippen LogP contribution in [0.5, 0.6) is 11.5 Å². The van der Waals surface area contributed by atoms with Crippen molar-refractivity contribution in [1.29, 1.82) is 0 Å². The van der Waals surface area contributed by atoms with E-state index in [4.69, 9.17) is 32.7 Å². The fourth-order valence-corrected chi connectivity index (χ4v) is 4.88. The van der Waals surface area contributed by atoms with E-state index in [2.05, 4.69) is 10.6 Å². The fourth-order valence-electron chi connectivity index (χ4n) is 3.74. The first-order valence-electron chi connectivity index (χ1n) is 11.9. The van der Waals surface area contributed by atoms with Crippen molar-refractivity contribution in [1.82, 2.24) is 5.32 Å². The Balaban J connectivity index is 1.59. The number of anilines is 2. The van der Waals surface area contributed by atoms with Gasteiger partial charge in [-0.15, -0.1) is 0 Å². The van der Waals surface area contributed by atoms with Gasteiger partial charge in [-0.1, -0.05) is 41.4 Å². The van der Waals surface area contributed by atoms with Gasteiger partial charge in [0.15, 0.2) is 18.1 Å². The van der Waals surface area contributed by atoms with Gasteiger partial charge in [0.1, 0.15) is 5.57 Å². The number of halogens is 3. The maximum atomic E-state index is 13.3. The minimum Gasteiger partial charge on any atom is -0.490 e. The number of urea groups is 1. The monoisotopic (exact) mass is 693 g/mol. The summed E-state index contributed by atoms with van der Waals surface area (Å²) in [5, 5.41) is 5.63. The summed E-state index contributed by atoms with van der Waals surface area (Å²) >= 11 is 14.3. The van der Waals surface area contributed by atoms with E-state index in [-0.39, 0.29) is 24.5 Å². The number of carbonyl (C=O) groups excluding carboxylic acids is 4. The van der Waals surface area contributed by atoms with Crippen LogP contribution in [0.25, 0.3) is 6.08 Å². The van der Waals surface area contributed by atoms with Crippen LogP contribution < -0.4 is 25.0 Å². The average molecular weight is 694 g/mol. The van der Waals surface area contributed by atoms with Gasteiger partial charge in [-0.3, -0.25) is 19.7 Å². The summed E-state index contributed by atoms with van der Waals surface area (Å²) in [4.78, 5) is 51.8. The predicted octanol–water partition coefficient (Wildman–Crippen LogP) is 5.99. The van der Waals surface area contributed by atoms with Crippen LogP contribution in [0.1, 0.15) is 18.1 Å². The zero-order chi connectivity index (χ0) is 29.0. The predicted molar refractivity (Wildman–Crippen MR) is 161 cm³/mol. The second-order valence-corrected chi connectivity index (χ2v) is 10.4. The molecule has 0 bridgehead atoms. The largest absolute Gasteiger partial charge is 0.490 e. The average Bonchev–Trinajstić information content (AvgIpc) is 2.89. The molecule has 12 heteroatoms. The molecule has 9 nitrogen and oxygen atoms in total. The van der Waals surface area contributed by atoms with Crippen molar-refractivity contribution in [3.8, 4) is 11.5 Å². The molecule has 3 aromatic rings. The summed E-state index contributed by atoms with van der Waals surface area (Å²) in [7, 11) is 0. The molecule has 3 aromatic carbocycles. The molecule has 4 rings (SSSR count). The van der Waals surface area contributed by atoms with Crippen molar-refractivity contribution in [3.63, 3.8) is 0 Å². The van der Waals surface area contributed by atoms with Gasteiger partial charge in [0.2, 0.25) is 0 Å². The lowest BCUT2D eigenvalue weighted by Crippen LogP contribution is -2.54. The Morgan fingerprint density at radius 1 is 1.05 bits per heavy atom. The number of aryl methyl sites for hydroxylation is 1. The zero-order valence-electron chi connectivity index (χ0n) is 21.2. The molecule has 1 aliphatic heterocycles. The van der Waals surface area contributed by atoms with Crippen LogP contribution in [0, 0.1) is 10.5 Å². The van der Waals surface area contributed by atoms with E-state index in [1.165, 1.54) is 12.1 Å². The van der Waals surface area contributed by atoms with Crippen molar-refractivity contribution < 1.29 is 28.7 Å². The highest BCUT2D eigenvalue weighted by molar-refractivity contribution is 14.1. The number of barbiturate groups is 1. The number of nitrogens with zero attached hydrogens (tertiary/aromatic N) is 1. The van der Waals surface area contributed by atoms with Crippen LogP contribution in [0.2, 0.25) is 10.0 Å². The van der Waals surface area contributed by atoms with Gasteiger partial charge in [0, 0.05) is 5.02 Å². The Bertz CT molecular complexity index is 1560. The molecule has 1 aliphatic rings. The second-order valence-electron chi connectivity index (χ2n) is 8.47. The van der Waals surface area contributed by atoms with Crippen molar-refractivity contribution in [2.24, 2.45) is 0 Å². The molecule has 0 unspecified atom stereocenters. The third-order valence-corrected chi connectivity index (χ3v) is 7.19. The fraction of sp³-hybridized carbons (Fsp3) is 0.143. The number of rotatable bonds is 8. The number of benzene rings is 3. The van der Waals surface area contributed by atoms with Crippen LogP contribution in [-0.4, -0.2) is 37.0 Å². The highest BCUT2D eigenvalue weighted by atomic mass is 127. The van der Waals surface area contributed by atoms with E-state index in [0.29, 0.717) is 36.4 Å². The summed E-state index contributed by atoms with van der Waals surface area (Å²) < 4.78 is 12.1. The summed E-state index contributed by atoms with van der Waals surface area (Å²) in [5.74, 6) is -1.46. The van der Waals surface area contributed by atoms with E-state index in [1.807, 2.05) is 22.6 Å². The topological polar surface area (TPSA) is 114 Å². The minimum atomic E-state index is -0.879. The van der Waals surface area contributed by atoms with Gasteiger partial charge in [-0.2, -0.15) is 0 Å². The zero-order valence-corrected chi connectivity index (χ0v) is 24.9. The highest BCUT2D eigenvalue weighted by Crippen LogP contribution is 2.36. The minimum absolute atomic E-state index is 0.222. The van der Waals surface area contributed by atoms with E-state index >= 15 is 0 Å². The molecule has 0 spiro atoms. The summed E-state index contributed by atoms with van der Waals surface area (Å²) in [6.07, 6.45) is 1.35. The first kappa shape index (κ1) is 29.4. The number of amides is 5. The lowest BCUT2D eigenvalue weighted by molar-refractivity contribution is -0.122. The molecule has 0 aliphatic carbocycles. The molecule has 0 atom stereocenters. The van der Waals surface area contributed by atoms with Crippen LogP contribution >= 0.6 is 45.8 Å². The van der Waals surface area contributed by atoms with Gasteiger partial charge in [0.25, 0.3) is 17.7 Å². The normalized spacial score (nSPS) is 14.3. The van der Waals surface area contributed by atoms with Gasteiger partial charge in [-0.25, -0.2) is 9.69 Å². The molecular weight excluding hydrogens is 672 g/mol. The van der Waals surface area contributed by atoms with Crippen LogP contribution in [0.4, 0.5) is 16.2 Å². The number of ether oxygens (including phenoxy) is 2. The molecule has 0 radical (unpaired) electrons. The van der Waals surface area contributed by atoms with Crippen LogP contribution in [0.15, 0.2) is 60.2 Å². The summed E-state index contributed by atoms with van der Waals surface area (Å²) in [6, 6.07) is 13.9. The Morgan fingerprint density at radius 3 is 2.50 bits per heavy atom. The Morgan fingerprint density at radius 2 is 1.80 bits per heavy atom. The standard InChI is InChI=1S/C28H22Cl2IN3O6/c1-3-39-23-12-16(11-21(31)25(23)40-14-24(35)32-22-7-5-4-6-19(22)29)10-18-26(36)33-28(38)34(27(18)37)17-9-8-15(2)20(30)13-17/h4-13H,3,14H2,1-2H3,(H,32,35)(H,33,36,38)/b18-10+. The van der Waals surface area contributed by atoms with Gasteiger partial charge in [-0.05, 0) is 90.0 Å². The van der Waals surface area contributed by atoms with Crippen LogP contribution in [-0.2, 0) is 14.4 Å². The van der Waals surface area contributed by atoms with Crippen molar-refractivity contribution in [3.05, 3.63) is 84.9 Å². The SMILES string of the molecule is CCOc1cc(/C=C2\C(=O)NC(=O)N(c3ccc(C)c(Cl)c3)C2=O)cc(I)c1OCC(=O)Nc1ccccc1Cl. The maximum absolute atomic E-state index is 13.3. The molecule has 0 saturated carbocycles. The molecule has 5 amide bonds. The Labute approximate surface area is 253 Å². The Kier molecular flexibility index (Phi) is 9.33. The number of para-hydroxylation sites is 1. The molecular formula is C28H22Cl2IN3O6. The molecule has 40 heavy (non-hydrogen) atoms. The molecule has 0 aromatic heterocycles. The van der Waals surface area contributed by atoms with E-state index in [1.54, 1.807) is 62.4 Å². The van der Waals surface area contributed by atoms with E-state index < -0.39 is 23.8 Å². The first-order valence-corrected chi connectivity index (χ1v) is 13.7. The Hall–Kier alpha value is -3.61. The van der Waals surface area contributed by atoms with Gasteiger partial charge in [0.05, 0.1) is 26.6 Å². The lowest BCUT2D eigenvalue weighted by atomic mass is 10.1. The third-order valence-electron chi connectivity index (χ3n) is 5.65. The smallest absolute Gasteiger partial charge is 0.335 e. The molecule has 1 saturated heterocycles. The number of nitrogens with one attached hydrogen (secondary N) is 2. The first-order chi connectivity index (χ1) is 19.1. The molecule has 1 fully saturated rings. The van der Waals surface area contributed by atoms with Gasteiger partial charge >= 0.3 is 6.03 Å². The quantitative estimate of drug-likeness (QED) is 0.170. The van der Waals surface area contributed by atoms with E-state index in [9.17, 15) is 19.2 Å².